The Balaban J connectivity index is 0.000000504. The minimum absolute atomic E-state index is 0.0869. The maximum absolute atomic E-state index is 11.0. The molecule has 0 amide bonds. The number of carbonyl (C=O) groups excluding carboxylic acids is 2. The van der Waals surface area contributed by atoms with Crippen LogP contribution in [0.2, 0.25) is 0 Å². The Kier molecular flexibility index (Phi) is 13.4. The first kappa shape index (κ1) is 23.8. The Labute approximate surface area is 154 Å². The van der Waals surface area contributed by atoms with Crippen molar-refractivity contribution in [3.8, 4) is 0 Å². The first-order valence-electron chi connectivity index (χ1n) is 9.82. The molecular weight excluding hydrogens is 316 g/mol. The molecular formula is C21H38O4. The number of ether oxygens (including phenoxy) is 1. The molecule has 0 spiro atoms. The van der Waals surface area contributed by atoms with Gasteiger partial charge in [0, 0.05) is 19.3 Å². The number of hydrogen-bond donors (Lipinski definition) is 1. The molecule has 0 bridgehead atoms. The highest BCUT2D eigenvalue weighted by Gasteiger charge is 2.20. The molecule has 4 nitrogen and oxygen atoms in total. The highest BCUT2D eigenvalue weighted by molar-refractivity contribution is 5.80. The maximum atomic E-state index is 11.0. The number of carbonyl (C=O) groups is 2. The summed E-state index contributed by atoms with van der Waals surface area (Å²) in [4.78, 5) is 21.6. The van der Waals surface area contributed by atoms with E-state index in [0.29, 0.717) is 31.0 Å². The molecule has 1 aliphatic rings. The molecule has 1 rings (SSSR count). The number of methoxy groups -OCH3 is 1. The number of aliphatic hydroxyl groups is 1. The van der Waals surface area contributed by atoms with Crippen molar-refractivity contribution in [1.29, 1.82) is 0 Å². The van der Waals surface area contributed by atoms with Gasteiger partial charge in [-0.3, -0.25) is 9.59 Å². The third kappa shape index (κ3) is 13.8. The molecule has 1 aliphatic carbocycles. The molecule has 0 aliphatic heterocycles. The molecule has 2 atom stereocenters. The summed E-state index contributed by atoms with van der Waals surface area (Å²) in [5.74, 6) is 0.719. The lowest BCUT2D eigenvalue weighted by Gasteiger charge is -2.20. The summed E-state index contributed by atoms with van der Waals surface area (Å²) in [7, 11) is 1.43. The van der Waals surface area contributed by atoms with E-state index in [0.717, 1.165) is 38.5 Å². The van der Waals surface area contributed by atoms with E-state index in [1.807, 2.05) is 13.0 Å². The molecule has 0 aromatic heterocycles. The Morgan fingerprint density at radius 2 is 2.00 bits per heavy atom. The number of rotatable bonds is 10. The van der Waals surface area contributed by atoms with Gasteiger partial charge in [0.05, 0.1) is 12.7 Å². The van der Waals surface area contributed by atoms with Gasteiger partial charge in [0.1, 0.15) is 5.78 Å². The van der Waals surface area contributed by atoms with Gasteiger partial charge in [-0.1, -0.05) is 51.7 Å². The summed E-state index contributed by atoms with van der Waals surface area (Å²) >= 11 is 0. The monoisotopic (exact) mass is 354 g/mol. The molecule has 146 valence electrons. The fourth-order valence-corrected chi connectivity index (χ4v) is 2.96. The van der Waals surface area contributed by atoms with Gasteiger partial charge in [0.15, 0.2) is 0 Å². The third-order valence-electron chi connectivity index (χ3n) is 4.50. The van der Waals surface area contributed by atoms with Crippen molar-refractivity contribution in [3.05, 3.63) is 12.2 Å². The Morgan fingerprint density at radius 3 is 2.52 bits per heavy atom. The highest BCUT2D eigenvalue weighted by Crippen LogP contribution is 2.24. The molecule has 0 saturated heterocycles. The minimum Gasteiger partial charge on any atom is -0.469 e. The van der Waals surface area contributed by atoms with Gasteiger partial charge >= 0.3 is 5.97 Å². The Morgan fingerprint density at radius 1 is 1.28 bits per heavy atom. The summed E-state index contributed by atoms with van der Waals surface area (Å²) < 4.78 is 4.49. The fraction of sp³-hybridized carbons (Fsp3) is 0.810. The van der Waals surface area contributed by atoms with Crippen molar-refractivity contribution < 1.29 is 19.4 Å². The standard InChI is InChI=1S/C13H22O2.C8H16O2/c1-3-8-13(2,15)9-4-5-11-6-7-12(14)10-11;1-3-4-5-6-7-8(9)10-2/h4-5,11,15H,3,6-10H2,1-2H3;3-7H2,1-2H3/b5-4+;. The van der Waals surface area contributed by atoms with Crippen LogP contribution in [0.25, 0.3) is 0 Å². The molecule has 1 saturated carbocycles. The van der Waals surface area contributed by atoms with Gasteiger partial charge in [-0.05, 0) is 38.5 Å². The number of esters is 1. The molecule has 1 fully saturated rings. The van der Waals surface area contributed by atoms with Crippen molar-refractivity contribution in [2.24, 2.45) is 5.92 Å². The van der Waals surface area contributed by atoms with Crippen molar-refractivity contribution in [2.75, 3.05) is 7.11 Å². The zero-order chi connectivity index (χ0) is 19.1. The van der Waals surface area contributed by atoms with Crippen molar-refractivity contribution in [1.82, 2.24) is 0 Å². The lowest BCUT2D eigenvalue weighted by atomic mass is 9.95. The second-order valence-corrected chi connectivity index (χ2v) is 7.31. The van der Waals surface area contributed by atoms with Crippen LogP contribution < -0.4 is 0 Å². The van der Waals surface area contributed by atoms with Gasteiger partial charge in [-0.25, -0.2) is 0 Å². The molecule has 1 N–H and O–H groups in total. The SMILES string of the molecule is CCCC(C)(O)C/C=C/C1CCC(=O)C1.CCCCCCC(=O)OC. The van der Waals surface area contributed by atoms with Gasteiger partial charge in [-0.2, -0.15) is 0 Å². The summed E-state index contributed by atoms with van der Waals surface area (Å²) in [5, 5.41) is 9.92. The number of unbranched alkanes of at least 4 members (excludes halogenated alkanes) is 3. The average molecular weight is 355 g/mol. The van der Waals surface area contributed by atoms with Gasteiger partial charge < -0.3 is 9.84 Å². The van der Waals surface area contributed by atoms with E-state index in [1.54, 1.807) is 0 Å². The van der Waals surface area contributed by atoms with E-state index < -0.39 is 5.60 Å². The summed E-state index contributed by atoms with van der Waals surface area (Å²) in [6.45, 7) is 6.10. The number of ketones is 1. The number of Topliss-reactive ketones (excluding diaryl/α,β-unsaturated/α-hetero) is 1. The lowest BCUT2D eigenvalue weighted by Crippen LogP contribution is -2.22. The predicted molar refractivity (Wildman–Crippen MR) is 102 cm³/mol. The molecule has 2 unspecified atom stereocenters. The smallest absolute Gasteiger partial charge is 0.305 e. The number of hydrogen-bond acceptors (Lipinski definition) is 4. The van der Waals surface area contributed by atoms with E-state index in [-0.39, 0.29) is 5.97 Å². The van der Waals surface area contributed by atoms with Crippen LogP contribution in [0.5, 0.6) is 0 Å². The second-order valence-electron chi connectivity index (χ2n) is 7.31. The summed E-state index contributed by atoms with van der Waals surface area (Å²) in [6, 6.07) is 0. The topological polar surface area (TPSA) is 63.6 Å². The van der Waals surface area contributed by atoms with Crippen LogP contribution in [0.3, 0.4) is 0 Å². The molecule has 4 heteroatoms. The normalized spacial score (nSPS) is 19.4. The van der Waals surface area contributed by atoms with E-state index in [4.69, 9.17) is 0 Å². The molecule has 0 aromatic carbocycles. The van der Waals surface area contributed by atoms with Crippen LogP contribution in [0.1, 0.15) is 91.4 Å². The Bertz CT molecular complexity index is 399. The molecule has 0 heterocycles. The van der Waals surface area contributed by atoms with Crippen LogP contribution in [-0.4, -0.2) is 29.6 Å². The zero-order valence-corrected chi connectivity index (χ0v) is 16.7. The number of allylic oxidation sites excluding steroid dienone is 1. The van der Waals surface area contributed by atoms with Crippen LogP contribution in [0.4, 0.5) is 0 Å². The van der Waals surface area contributed by atoms with Crippen LogP contribution >= 0.6 is 0 Å². The molecule has 0 radical (unpaired) electrons. The van der Waals surface area contributed by atoms with Crippen LogP contribution in [0, 0.1) is 5.92 Å². The second kappa shape index (κ2) is 14.1. The maximum Gasteiger partial charge on any atom is 0.305 e. The lowest BCUT2D eigenvalue weighted by molar-refractivity contribution is -0.140. The van der Waals surface area contributed by atoms with Crippen molar-refractivity contribution in [2.45, 2.75) is 97.0 Å². The molecule has 0 aromatic rings. The van der Waals surface area contributed by atoms with E-state index in [1.165, 1.54) is 20.0 Å². The van der Waals surface area contributed by atoms with Crippen LogP contribution in [0.15, 0.2) is 12.2 Å². The fourth-order valence-electron chi connectivity index (χ4n) is 2.96. The zero-order valence-electron chi connectivity index (χ0n) is 16.7. The quantitative estimate of drug-likeness (QED) is 0.341. The first-order chi connectivity index (χ1) is 11.8. The van der Waals surface area contributed by atoms with Crippen molar-refractivity contribution >= 4 is 11.8 Å². The summed E-state index contributed by atoms with van der Waals surface area (Å²) in [6.07, 6.45) is 14.2. The van der Waals surface area contributed by atoms with Crippen LogP contribution in [-0.2, 0) is 14.3 Å². The Hall–Kier alpha value is -1.16. The molecule has 25 heavy (non-hydrogen) atoms. The summed E-state index contributed by atoms with van der Waals surface area (Å²) in [5.41, 5.74) is -0.576. The average Bonchev–Trinajstić information content (AvgIpc) is 2.97. The third-order valence-corrected chi connectivity index (χ3v) is 4.50. The van der Waals surface area contributed by atoms with Gasteiger partial charge in [0.2, 0.25) is 0 Å². The van der Waals surface area contributed by atoms with E-state index in [9.17, 15) is 14.7 Å². The first-order valence-corrected chi connectivity index (χ1v) is 9.82. The minimum atomic E-state index is -0.576. The highest BCUT2D eigenvalue weighted by atomic mass is 16.5. The van der Waals surface area contributed by atoms with Gasteiger partial charge in [0.25, 0.3) is 0 Å². The van der Waals surface area contributed by atoms with E-state index in [2.05, 4.69) is 24.7 Å². The van der Waals surface area contributed by atoms with E-state index >= 15 is 0 Å². The van der Waals surface area contributed by atoms with Gasteiger partial charge in [-0.15, -0.1) is 0 Å². The van der Waals surface area contributed by atoms with Crippen molar-refractivity contribution in [3.63, 3.8) is 0 Å². The largest absolute Gasteiger partial charge is 0.469 e. The predicted octanol–water partition coefficient (Wildman–Crippen LogP) is 4.98.